The van der Waals surface area contributed by atoms with Gasteiger partial charge in [0.2, 0.25) is 0 Å². The summed E-state index contributed by atoms with van der Waals surface area (Å²) in [6, 6.07) is 0. The topological polar surface area (TPSA) is 104 Å². The maximum absolute atomic E-state index is 13.3. The first-order valence-corrected chi connectivity index (χ1v) is 12.8. The molecule has 0 fully saturated rings. The lowest BCUT2D eigenvalue weighted by Crippen LogP contribution is -2.43. The average Bonchev–Trinajstić information content (AvgIpc) is 2.74. The third-order valence-corrected chi connectivity index (χ3v) is 8.10. The van der Waals surface area contributed by atoms with Crippen molar-refractivity contribution in [1.82, 2.24) is 0 Å². The van der Waals surface area contributed by atoms with E-state index in [1.165, 1.54) is 5.57 Å². The van der Waals surface area contributed by atoms with E-state index in [-0.39, 0.29) is 42.7 Å². The van der Waals surface area contributed by atoms with E-state index in [4.69, 9.17) is 9.84 Å². The Morgan fingerprint density at radius 2 is 1.76 bits per heavy atom. The fourth-order valence-corrected chi connectivity index (χ4v) is 5.77. The second kappa shape index (κ2) is 12.2. The average molecular weight is 465 g/mol. The summed E-state index contributed by atoms with van der Waals surface area (Å²) < 4.78 is 6.28. The summed E-state index contributed by atoms with van der Waals surface area (Å²) in [5, 5.41) is 29.1. The second-order valence-corrected chi connectivity index (χ2v) is 10.3. The zero-order valence-electron chi connectivity index (χ0n) is 21.0. The lowest BCUT2D eigenvalue weighted by molar-refractivity contribution is -0.167. The van der Waals surface area contributed by atoms with Gasteiger partial charge in [0.25, 0.3) is 0 Å². The molecule has 0 amide bonds. The van der Waals surface area contributed by atoms with Crippen LogP contribution in [0.15, 0.2) is 23.8 Å². The molecule has 0 aromatic rings. The maximum Gasteiger partial charge on any atom is 0.312 e. The number of aliphatic hydroxyl groups excluding tert-OH is 2. The van der Waals surface area contributed by atoms with Crippen molar-refractivity contribution < 1.29 is 29.6 Å². The molecule has 33 heavy (non-hydrogen) atoms. The van der Waals surface area contributed by atoms with Gasteiger partial charge in [0.05, 0.1) is 24.0 Å². The standard InChI is InChI=1S/C27H44O6/c1-6-27(7-2,8-3)26(32)33-23-14-17(4)13-19-10-9-18(5)22(25(19)23)12-11-20(28)15-21(29)16-24(30)31/h9-10,13,17-18,20-23,25,28-29H,6-8,11-12,14-16H2,1-5H3,(H,30,31)/t17-,18+,20-,21-,22+,23+,25+/m1/s1. The van der Waals surface area contributed by atoms with Gasteiger partial charge in [0.15, 0.2) is 0 Å². The number of fused-ring (bicyclic) bond motifs is 1. The summed E-state index contributed by atoms with van der Waals surface area (Å²) in [7, 11) is 0. The van der Waals surface area contributed by atoms with E-state index in [0.717, 1.165) is 32.1 Å². The number of carboxylic acid groups (broad SMARTS) is 1. The first kappa shape index (κ1) is 27.6. The summed E-state index contributed by atoms with van der Waals surface area (Å²) >= 11 is 0. The fraction of sp³-hybridized carbons (Fsp3) is 0.778. The van der Waals surface area contributed by atoms with E-state index in [2.05, 4.69) is 52.8 Å². The SMILES string of the molecule is CCC(CC)(CC)C(=O)O[C@H]1C[C@H](C)C=C2C=C[C@H](C)[C@H](CC[C@@H](O)C[C@@H](O)CC(=O)O)[C@H]21. The summed E-state index contributed by atoms with van der Waals surface area (Å²) in [6.45, 7) is 10.5. The molecule has 7 atom stereocenters. The molecule has 6 heteroatoms. The Labute approximate surface area is 199 Å². The Morgan fingerprint density at radius 1 is 1.12 bits per heavy atom. The van der Waals surface area contributed by atoms with Crippen LogP contribution >= 0.6 is 0 Å². The predicted molar refractivity (Wildman–Crippen MR) is 128 cm³/mol. The summed E-state index contributed by atoms with van der Waals surface area (Å²) in [6.07, 6.45) is 8.62. The Morgan fingerprint density at radius 3 is 2.33 bits per heavy atom. The van der Waals surface area contributed by atoms with Crippen LogP contribution in [0.1, 0.15) is 86.0 Å². The Balaban J connectivity index is 2.17. The van der Waals surface area contributed by atoms with Gasteiger partial charge in [-0.05, 0) is 68.3 Å². The van der Waals surface area contributed by atoms with Gasteiger partial charge < -0.3 is 20.1 Å². The molecule has 0 radical (unpaired) electrons. The molecule has 6 nitrogen and oxygen atoms in total. The Kier molecular flexibility index (Phi) is 10.2. The largest absolute Gasteiger partial charge is 0.481 e. The lowest BCUT2D eigenvalue weighted by atomic mass is 9.65. The number of allylic oxidation sites excluding steroid dienone is 3. The number of aliphatic carboxylic acids is 1. The third-order valence-electron chi connectivity index (χ3n) is 8.10. The highest BCUT2D eigenvalue weighted by Crippen LogP contribution is 2.46. The van der Waals surface area contributed by atoms with Crippen LogP contribution in [0.4, 0.5) is 0 Å². The van der Waals surface area contributed by atoms with E-state index in [9.17, 15) is 19.8 Å². The van der Waals surface area contributed by atoms with Gasteiger partial charge in [-0.2, -0.15) is 0 Å². The van der Waals surface area contributed by atoms with E-state index < -0.39 is 23.6 Å². The van der Waals surface area contributed by atoms with Gasteiger partial charge in [-0.15, -0.1) is 0 Å². The molecule has 0 aromatic carbocycles. The summed E-state index contributed by atoms with van der Waals surface area (Å²) in [5.74, 6) is -0.276. The molecule has 0 bridgehead atoms. The third kappa shape index (κ3) is 6.92. The molecule has 0 aromatic heterocycles. The molecule has 0 aliphatic heterocycles. The highest BCUT2D eigenvalue weighted by atomic mass is 16.5. The molecule has 2 rings (SSSR count). The van der Waals surface area contributed by atoms with Crippen LogP contribution in [0.25, 0.3) is 0 Å². The predicted octanol–water partition coefficient (Wildman–Crippen LogP) is 4.89. The van der Waals surface area contributed by atoms with E-state index >= 15 is 0 Å². The summed E-state index contributed by atoms with van der Waals surface area (Å²) in [4.78, 5) is 24.1. The highest BCUT2D eigenvalue weighted by Gasteiger charge is 2.44. The number of hydrogen-bond donors (Lipinski definition) is 3. The van der Waals surface area contributed by atoms with Crippen molar-refractivity contribution in [2.45, 2.75) is 104 Å². The smallest absolute Gasteiger partial charge is 0.312 e. The number of aliphatic hydroxyl groups is 2. The number of hydrogen-bond acceptors (Lipinski definition) is 5. The van der Waals surface area contributed by atoms with Crippen molar-refractivity contribution in [3.63, 3.8) is 0 Å². The fourth-order valence-electron chi connectivity index (χ4n) is 5.77. The van der Waals surface area contributed by atoms with Crippen molar-refractivity contribution in [2.24, 2.45) is 29.1 Å². The van der Waals surface area contributed by atoms with Crippen LogP contribution in [-0.2, 0) is 14.3 Å². The Bertz CT molecular complexity index is 714. The number of ether oxygens (including phenoxy) is 1. The molecule has 0 saturated carbocycles. The van der Waals surface area contributed by atoms with Crippen molar-refractivity contribution >= 4 is 11.9 Å². The number of esters is 1. The van der Waals surface area contributed by atoms with E-state index in [0.29, 0.717) is 12.3 Å². The van der Waals surface area contributed by atoms with Gasteiger partial charge >= 0.3 is 11.9 Å². The molecular formula is C27H44O6. The van der Waals surface area contributed by atoms with Gasteiger partial charge in [0, 0.05) is 5.92 Å². The zero-order chi connectivity index (χ0) is 24.8. The second-order valence-electron chi connectivity index (χ2n) is 10.3. The van der Waals surface area contributed by atoms with E-state index in [1.807, 2.05) is 0 Å². The minimum atomic E-state index is -1.07. The van der Waals surface area contributed by atoms with Crippen LogP contribution in [0.3, 0.4) is 0 Å². The minimum Gasteiger partial charge on any atom is -0.481 e. The number of rotatable bonds is 12. The molecule has 2 aliphatic rings. The molecule has 2 aliphatic carbocycles. The van der Waals surface area contributed by atoms with Gasteiger partial charge in [0.1, 0.15) is 6.10 Å². The first-order chi connectivity index (χ1) is 15.6. The minimum absolute atomic E-state index is 0.0536. The van der Waals surface area contributed by atoms with Crippen LogP contribution in [-0.4, -0.2) is 45.6 Å². The molecule has 188 valence electrons. The molecule has 0 spiro atoms. The molecule has 0 saturated heterocycles. The van der Waals surface area contributed by atoms with Crippen molar-refractivity contribution in [3.8, 4) is 0 Å². The van der Waals surface area contributed by atoms with Gasteiger partial charge in [-0.3, -0.25) is 9.59 Å². The first-order valence-electron chi connectivity index (χ1n) is 12.8. The van der Waals surface area contributed by atoms with Gasteiger partial charge in [-0.25, -0.2) is 0 Å². The quantitative estimate of drug-likeness (QED) is 0.355. The normalized spacial score (nSPS) is 29.1. The molecular weight excluding hydrogens is 420 g/mol. The van der Waals surface area contributed by atoms with Crippen molar-refractivity contribution in [3.05, 3.63) is 23.8 Å². The van der Waals surface area contributed by atoms with E-state index in [1.54, 1.807) is 0 Å². The van der Waals surface area contributed by atoms with Crippen molar-refractivity contribution in [1.29, 1.82) is 0 Å². The summed E-state index contributed by atoms with van der Waals surface area (Å²) in [5.41, 5.74) is 0.775. The maximum atomic E-state index is 13.3. The highest BCUT2D eigenvalue weighted by molar-refractivity contribution is 5.77. The number of carbonyl (C=O) groups excluding carboxylic acids is 1. The monoisotopic (exact) mass is 464 g/mol. The molecule has 0 unspecified atom stereocenters. The number of carbonyl (C=O) groups is 2. The lowest BCUT2D eigenvalue weighted by Gasteiger charge is -2.44. The van der Waals surface area contributed by atoms with Crippen molar-refractivity contribution in [2.75, 3.05) is 0 Å². The number of carboxylic acids is 1. The Hall–Kier alpha value is -1.66. The van der Waals surface area contributed by atoms with Crippen LogP contribution in [0.2, 0.25) is 0 Å². The molecule has 3 N–H and O–H groups in total. The zero-order valence-corrected chi connectivity index (χ0v) is 21.0. The van der Waals surface area contributed by atoms with Crippen LogP contribution in [0, 0.1) is 29.1 Å². The van der Waals surface area contributed by atoms with Gasteiger partial charge in [-0.1, -0.05) is 52.8 Å². The van der Waals surface area contributed by atoms with Crippen LogP contribution in [0.5, 0.6) is 0 Å². The van der Waals surface area contributed by atoms with Crippen LogP contribution < -0.4 is 0 Å². The molecule has 0 heterocycles.